The number of ketones is 1. The minimum atomic E-state index is -0.433. The maximum atomic E-state index is 13.2. The first-order chi connectivity index (χ1) is 9.06. The first-order valence-corrected chi connectivity index (χ1v) is 5.92. The largest absolute Gasteiger partial charge is 0.486 e. The van der Waals surface area contributed by atoms with Crippen LogP contribution >= 0.6 is 0 Å². The lowest BCUT2D eigenvalue weighted by atomic mass is 10.1. The van der Waals surface area contributed by atoms with Gasteiger partial charge in [0.25, 0.3) is 0 Å². The third-order valence-corrected chi connectivity index (χ3v) is 2.64. The van der Waals surface area contributed by atoms with E-state index in [9.17, 15) is 9.18 Å². The lowest BCUT2D eigenvalue weighted by molar-refractivity contribution is 0.101. The van der Waals surface area contributed by atoms with Crippen molar-refractivity contribution in [3.63, 3.8) is 0 Å². The molecular weight excluding hydrogens is 245 g/mol. The number of Topliss-reactive ketones (excluding diaryl/α,β-unsaturated/α-hetero) is 1. The van der Waals surface area contributed by atoms with E-state index in [-0.39, 0.29) is 18.1 Å². The van der Waals surface area contributed by atoms with E-state index in [4.69, 9.17) is 4.74 Å². The molecule has 98 valence electrons. The molecule has 0 N–H and O–H groups in total. The van der Waals surface area contributed by atoms with Crippen LogP contribution in [0, 0.1) is 12.7 Å². The van der Waals surface area contributed by atoms with Gasteiger partial charge in [-0.3, -0.25) is 9.78 Å². The second-order valence-electron chi connectivity index (χ2n) is 4.26. The van der Waals surface area contributed by atoms with Crippen molar-refractivity contribution < 1.29 is 13.9 Å². The van der Waals surface area contributed by atoms with Crippen LogP contribution < -0.4 is 4.74 Å². The maximum Gasteiger partial charge on any atom is 0.163 e. The van der Waals surface area contributed by atoms with E-state index < -0.39 is 5.82 Å². The molecule has 0 amide bonds. The summed E-state index contributed by atoms with van der Waals surface area (Å²) in [5.41, 5.74) is 1.99. The number of pyridine rings is 1. The van der Waals surface area contributed by atoms with Crippen molar-refractivity contribution in [1.29, 1.82) is 0 Å². The Morgan fingerprint density at radius 2 is 2.11 bits per heavy atom. The molecule has 3 nitrogen and oxygen atoms in total. The molecule has 2 aromatic rings. The summed E-state index contributed by atoms with van der Waals surface area (Å²) in [4.78, 5) is 15.7. The molecule has 1 aromatic heterocycles. The fraction of sp³-hybridized carbons (Fsp3) is 0.200. The van der Waals surface area contributed by atoms with Crippen molar-refractivity contribution in [2.24, 2.45) is 0 Å². The van der Waals surface area contributed by atoms with Crippen LogP contribution in [-0.2, 0) is 6.61 Å². The number of carbonyl (C=O) groups is 1. The van der Waals surface area contributed by atoms with Gasteiger partial charge in [0.2, 0.25) is 0 Å². The smallest absolute Gasteiger partial charge is 0.163 e. The summed E-state index contributed by atoms with van der Waals surface area (Å²) in [6.45, 7) is 3.50. The Balaban J connectivity index is 2.19. The van der Waals surface area contributed by atoms with Gasteiger partial charge in [-0.1, -0.05) is 6.07 Å². The van der Waals surface area contributed by atoms with E-state index in [0.29, 0.717) is 5.56 Å². The van der Waals surface area contributed by atoms with Crippen molar-refractivity contribution in [3.8, 4) is 5.75 Å². The highest BCUT2D eigenvalue weighted by molar-refractivity contribution is 5.96. The Kier molecular flexibility index (Phi) is 3.90. The molecule has 0 fully saturated rings. The van der Waals surface area contributed by atoms with Gasteiger partial charge in [0.1, 0.15) is 18.2 Å². The van der Waals surface area contributed by atoms with Crippen LogP contribution in [-0.4, -0.2) is 10.8 Å². The predicted molar refractivity (Wildman–Crippen MR) is 69.7 cm³/mol. The normalized spacial score (nSPS) is 10.3. The predicted octanol–water partition coefficient (Wildman–Crippen LogP) is 3.31. The summed E-state index contributed by atoms with van der Waals surface area (Å²) in [7, 11) is 0. The molecule has 0 aliphatic carbocycles. The molecule has 0 saturated heterocycles. The molecule has 0 radical (unpaired) electrons. The maximum absolute atomic E-state index is 13.2. The number of hydrogen-bond acceptors (Lipinski definition) is 3. The van der Waals surface area contributed by atoms with Gasteiger partial charge in [0.05, 0.1) is 11.3 Å². The van der Waals surface area contributed by atoms with Crippen molar-refractivity contribution in [3.05, 3.63) is 59.2 Å². The molecule has 0 atom stereocenters. The van der Waals surface area contributed by atoms with E-state index in [1.807, 2.05) is 25.1 Å². The molecule has 4 heteroatoms. The van der Waals surface area contributed by atoms with Gasteiger partial charge in [-0.05, 0) is 38.1 Å². The lowest BCUT2D eigenvalue weighted by Crippen LogP contribution is -2.03. The lowest BCUT2D eigenvalue weighted by Gasteiger charge is -2.09. The number of halogens is 1. The van der Waals surface area contributed by atoms with Crippen LogP contribution in [0.4, 0.5) is 4.39 Å². The van der Waals surface area contributed by atoms with Crippen molar-refractivity contribution in [2.75, 3.05) is 0 Å². The zero-order chi connectivity index (χ0) is 13.8. The molecule has 0 aliphatic heterocycles. The Morgan fingerprint density at radius 1 is 1.32 bits per heavy atom. The third kappa shape index (κ3) is 3.37. The number of aromatic nitrogens is 1. The fourth-order valence-corrected chi connectivity index (χ4v) is 1.74. The van der Waals surface area contributed by atoms with E-state index in [2.05, 4.69) is 4.98 Å². The molecule has 0 aliphatic rings. The Morgan fingerprint density at radius 3 is 2.79 bits per heavy atom. The minimum absolute atomic E-state index is 0.160. The highest BCUT2D eigenvalue weighted by Gasteiger charge is 2.10. The molecule has 2 rings (SSSR count). The molecule has 0 unspecified atom stereocenters. The highest BCUT2D eigenvalue weighted by Crippen LogP contribution is 2.21. The number of ether oxygens (including phenoxy) is 1. The van der Waals surface area contributed by atoms with Crippen LogP contribution in [0.1, 0.15) is 28.7 Å². The quantitative estimate of drug-likeness (QED) is 0.791. The third-order valence-electron chi connectivity index (χ3n) is 2.64. The van der Waals surface area contributed by atoms with Gasteiger partial charge >= 0.3 is 0 Å². The average molecular weight is 259 g/mol. The molecule has 0 saturated carbocycles. The molecule has 1 heterocycles. The summed E-state index contributed by atoms with van der Waals surface area (Å²) in [6, 6.07) is 9.46. The number of nitrogens with zero attached hydrogens (tertiary/aromatic N) is 1. The molecule has 1 aromatic carbocycles. The van der Waals surface area contributed by atoms with Crippen LogP contribution in [0.5, 0.6) is 5.75 Å². The second kappa shape index (κ2) is 5.61. The van der Waals surface area contributed by atoms with Crippen LogP contribution in [0.25, 0.3) is 0 Å². The van der Waals surface area contributed by atoms with Gasteiger partial charge in [-0.2, -0.15) is 0 Å². The van der Waals surface area contributed by atoms with Gasteiger partial charge < -0.3 is 4.74 Å². The van der Waals surface area contributed by atoms with E-state index in [0.717, 1.165) is 11.4 Å². The number of hydrogen-bond donors (Lipinski definition) is 0. The number of carbonyl (C=O) groups excluding carboxylic acids is 1. The first kappa shape index (κ1) is 13.2. The number of rotatable bonds is 4. The Labute approximate surface area is 111 Å². The second-order valence-corrected chi connectivity index (χ2v) is 4.26. The summed E-state index contributed by atoms with van der Waals surface area (Å²) < 4.78 is 18.7. The Hall–Kier alpha value is -2.23. The summed E-state index contributed by atoms with van der Waals surface area (Å²) in [5.74, 6) is -0.347. The summed E-state index contributed by atoms with van der Waals surface area (Å²) in [5, 5.41) is 0. The van der Waals surface area contributed by atoms with Crippen molar-refractivity contribution in [2.45, 2.75) is 20.5 Å². The standard InChI is InChI=1S/C15H14FNO2/c1-10-4-3-5-13(17-10)9-19-15-8-12(16)6-7-14(15)11(2)18/h3-8H,9H2,1-2H3. The van der Waals surface area contributed by atoms with Gasteiger partial charge in [0, 0.05) is 11.8 Å². The monoisotopic (exact) mass is 259 g/mol. The van der Waals surface area contributed by atoms with Gasteiger partial charge in [0.15, 0.2) is 5.78 Å². The highest BCUT2D eigenvalue weighted by atomic mass is 19.1. The molecule has 0 bridgehead atoms. The van der Waals surface area contributed by atoms with Crippen LogP contribution in [0.2, 0.25) is 0 Å². The number of aryl methyl sites for hydroxylation is 1. The van der Waals surface area contributed by atoms with Crippen molar-refractivity contribution >= 4 is 5.78 Å². The van der Waals surface area contributed by atoms with Crippen LogP contribution in [0.15, 0.2) is 36.4 Å². The molecule has 0 spiro atoms. The van der Waals surface area contributed by atoms with E-state index in [1.54, 1.807) is 0 Å². The SMILES string of the molecule is CC(=O)c1ccc(F)cc1OCc1cccc(C)n1. The summed E-state index contributed by atoms with van der Waals surface area (Å²) >= 11 is 0. The first-order valence-electron chi connectivity index (χ1n) is 5.92. The minimum Gasteiger partial charge on any atom is -0.486 e. The average Bonchev–Trinajstić information content (AvgIpc) is 2.36. The zero-order valence-electron chi connectivity index (χ0n) is 10.8. The zero-order valence-corrected chi connectivity index (χ0v) is 10.8. The topological polar surface area (TPSA) is 39.2 Å². The van der Waals surface area contributed by atoms with E-state index in [1.165, 1.54) is 25.1 Å². The molecular formula is C15H14FNO2. The Bertz CT molecular complexity index is 611. The van der Waals surface area contributed by atoms with Crippen molar-refractivity contribution in [1.82, 2.24) is 4.98 Å². The molecule has 19 heavy (non-hydrogen) atoms. The fourth-order valence-electron chi connectivity index (χ4n) is 1.74. The summed E-state index contributed by atoms with van der Waals surface area (Å²) in [6.07, 6.45) is 0. The van der Waals surface area contributed by atoms with Gasteiger partial charge in [-0.15, -0.1) is 0 Å². The van der Waals surface area contributed by atoms with Crippen LogP contribution in [0.3, 0.4) is 0 Å². The number of benzene rings is 1. The van der Waals surface area contributed by atoms with E-state index >= 15 is 0 Å². The van der Waals surface area contributed by atoms with Gasteiger partial charge in [-0.25, -0.2) is 4.39 Å².